The molecule has 0 spiro atoms. The summed E-state index contributed by atoms with van der Waals surface area (Å²) < 4.78 is 0. The standard InChI is InChI=1S/C15H27N3/c1-16-10-5-3-4-6-13-18(2)14-9-15-7-11-17-12-8-15/h7-8,11-12,16H,3-6,9-10,13-14H2,1-2H3. The highest BCUT2D eigenvalue weighted by Gasteiger charge is 1.99. The van der Waals surface area contributed by atoms with Crippen molar-refractivity contribution in [3.8, 4) is 0 Å². The summed E-state index contributed by atoms with van der Waals surface area (Å²) in [4.78, 5) is 6.47. The summed E-state index contributed by atoms with van der Waals surface area (Å²) in [6.07, 6.45) is 10.2. The molecule has 0 aromatic carbocycles. The van der Waals surface area contributed by atoms with Gasteiger partial charge in [-0.05, 0) is 64.1 Å². The van der Waals surface area contributed by atoms with Gasteiger partial charge in [0.15, 0.2) is 0 Å². The number of hydrogen-bond acceptors (Lipinski definition) is 3. The Balaban J connectivity index is 1.99. The quantitative estimate of drug-likeness (QED) is 0.645. The molecule has 0 atom stereocenters. The van der Waals surface area contributed by atoms with Crippen LogP contribution in [0, 0.1) is 0 Å². The topological polar surface area (TPSA) is 28.2 Å². The maximum absolute atomic E-state index is 4.04. The van der Waals surface area contributed by atoms with Crippen LogP contribution in [0.25, 0.3) is 0 Å². The molecule has 0 unspecified atom stereocenters. The first kappa shape index (κ1) is 15.1. The highest BCUT2D eigenvalue weighted by molar-refractivity contribution is 5.09. The van der Waals surface area contributed by atoms with E-state index in [2.05, 4.69) is 34.4 Å². The molecular weight excluding hydrogens is 222 g/mol. The van der Waals surface area contributed by atoms with Gasteiger partial charge in [0, 0.05) is 18.9 Å². The predicted molar refractivity (Wildman–Crippen MR) is 77.8 cm³/mol. The lowest BCUT2D eigenvalue weighted by atomic mass is 10.1. The third kappa shape index (κ3) is 7.41. The average Bonchev–Trinajstić information content (AvgIpc) is 2.41. The zero-order valence-corrected chi connectivity index (χ0v) is 11.9. The number of nitrogens with zero attached hydrogens (tertiary/aromatic N) is 2. The average molecular weight is 249 g/mol. The van der Waals surface area contributed by atoms with E-state index in [1.54, 1.807) is 0 Å². The second-order valence-corrected chi connectivity index (χ2v) is 4.93. The number of nitrogens with one attached hydrogen (secondary N) is 1. The fourth-order valence-corrected chi connectivity index (χ4v) is 2.02. The van der Waals surface area contributed by atoms with Crippen LogP contribution in [0.2, 0.25) is 0 Å². The molecule has 0 amide bonds. The first-order valence-corrected chi connectivity index (χ1v) is 7.05. The van der Waals surface area contributed by atoms with E-state index in [4.69, 9.17) is 0 Å². The van der Waals surface area contributed by atoms with E-state index in [-0.39, 0.29) is 0 Å². The highest BCUT2D eigenvalue weighted by atomic mass is 15.1. The van der Waals surface area contributed by atoms with Crippen LogP contribution < -0.4 is 5.32 Å². The fraction of sp³-hybridized carbons (Fsp3) is 0.667. The Hall–Kier alpha value is -0.930. The minimum Gasteiger partial charge on any atom is -0.320 e. The maximum Gasteiger partial charge on any atom is 0.0270 e. The fourth-order valence-electron chi connectivity index (χ4n) is 2.02. The van der Waals surface area contributed by atoms with Crippen molar-refractivity contribution in [3.05, 3.63) is 30.1 Å². The van der Waals surface area contributed by atoms with E-state index in [1.807, 2.05) is 19.4 Å². The molecule has 0 saturated carbocycles. The molecule has 0 bridgehead atoms. The molecule has 0 aliphatic rings. The number of aromatic nitrogens is 1. The van der Waals surface area contributed by atoms with Gasteiger partial charge in [-0.15, -0.1) is 0 Å². The SMILES string of the molecule is CNCCCCCCN(C)CCc1ccncc1. The maximum atomic E-state index is 4.04. The van der Waals surface area contributed by atoms with Crippen molar-refractivity contribution in [3.63, 3.8) is 0 Å². The Morgan fingerprint density at radius 3 is 2.50 bits per heavy atom. The van der Waals surface area contributed by atoms with Gasteiger partial charge < -0.3 is 10.2 Å². The lowest BCUT2D eigenvalue weighted by Crippen LogP contribution is -2.22. The Labute approximate surface area is 112 Å². The second kappa shape index (κ2) is 10.0. The Morgan fingerprint density at radius 1 is 1.06 bits per heavy atom. The smallest absolute Gasteiger partial charge is 0.0270 e. The van der Waals surface area contributed by atoms with Crippen LogP contribution in [0.1, 0.15) is 31.2 Å². The molecule has 1 aromatic heterocycles. The van der Waals surface area contributed by atoms with E-state index < -0.39 is 0 Å². The number of likely N-dealkylation sites (N-methyl/N-ethyl adjacent to an activating group) is 1. The summed E-state index contributed by atoms with van der Waals surface area (Å²) in [5.41, 5.74) is 1.38. The molecular formula is C15H27N3. The second-order valence-electron chi connectivity index (χ2n) is 4.93. The Bertz CT molecular complexity index is 287. The van der Waals surface area contributed by atoms with Gasteiger partial charge in [-0.2, -0.15) is 0 Å². The van der Waals surface area contributed by atoms with Crippen molar-refractivity contribution < 1.29 is 0 Å². The van der Waals surface area contributed by atoms with Gasteiger partial charge >= 0.3 is 0 Å². The van der Waals surface area contributed by atoms with Crippen LogP contribution in [-0.4, -0.2) is 43.6 Å². The molecule has 1 N–H and O–H groups in total. The molecule has 102 valence electrons. The molecule has 1 rings (SSSR count). The van der Waals surface area contributed by atoms with Gasteiger partial charge in [0.2, 0.25) is 0 Å². The molecule has 3 heteroatoms. The summed E-state index contributed by atoms with van der Waals surface area (Å²) in [5, 5.41) is 3.19. The van der Waals surface area contributed by atoms with Gasteiger partial charge in [-0.1, -0.05) is 12.8 Å². The molecule has 1 aromatic rings. The molecule has 0 aliphatic heterocycles. The van der Waals surface area contributed by atoms with Gasteiger partial charge in [-0.25, -0.2) is 0 Å². The van der Waals surface area contributed by atoms with E-state index >= 15 is 0 Å². The highest BCUT2D eigenvalue weighted by Crippen LogP contribution is 2.02. The van der Waals surface area contributed by atoms with E-state index in [9.17, 15) is 0 Å². The summed E-state index contributed by atoms with van der Waals surface area (Å²) in [6, 6.07) is 4.21. The molecule has 0 fully saturated rings. The molecule has 0 aliphatic carbocycles. The van der Waals surface area contributed by atoms with Crippen LogP contribution in [0.3, 0.4) is 0 Å². The number of hydrogen-bond donors (Lipinski definition) is 1. The summed E-state index contributed by atoms with van der Waals surface area (Å²) in [6.45, 7) is 3.50. The number of rotatable bonds is 10. The van der Waals surface area contributed by atoms with Crippen molar-refractivity contribution in [2.75, 3.05) is 33.7 Å². The molecule has 0 saturated heterocycles. The zero-order chi connectivity index (χ0) is 13.1. The largest absolute Gasteiger partial charge is 0.320 e. The van der Waals surface area contributed by atoms with Crippen molar-refractivity contribution >= 4 is 0 Å². The Morgan fingerprint density at radius 2 is 1.78 bits per heavy atom. The third-order valence-electron chi connectivity index (χ3n) is 3.25. The predicted octanol–water partition coefficient (Wildman–Crippen LogP) is 2.34. The first-order valence-electron chi connectivity index (χ1n) is 7.05. The van der Waals surface area contributed by atoms with Gasteiger partial charge in [0.05, 0.1) is 0 Å². The molecule has 3 nitrogen and oxygen atoms in total. The minimum atomic E-state index is 1.12. The third-order valence-corrected chi connectivity index (χ3v) is 3.25. The van der Waals surface area contributed by atoms with E-state index in [0.29, 0.717) is 0 Å². The lowest BCUT2D eigenvalue weighted by Gasteiger charge is -2.16. The monoisotopic (exact) mass is 249 g/mol. The van der Waals surface area contributed by atoms with E-state index in [1.165, 1.54) is 37.8 Å². The molecule has 0 radical (unpaired) electrons. The van der Waals surface area contributed by atoms with Gasteiger partial charge in [-0.3, -0.25) is 4.98 Å². The molecule has 18 heavy (non-hydrogen) atoms. The summed E-state index contributed by atoms with van der Waals surface area (Å²) >= 11 is 0. The minimum absolute atomic E-state index is 1.12. The van der Waals surface area contributed by atoms with Gasteiger partial charge in [0.1, 0.15) is 0 Å². The summed E-state index contributed by atoms with van der Waals surface area (Å²) in [5.74, 6) is 0. The van der Waals surface area contributed by atoms with Crippen LogP contribution in [0.15, 0.2) is 24.5 Å². The molecule has 1 heterocycles. The Kier molecular flexibility index (Phi) is 8.43. The number of pyridine rings is 1. The summed E-state index contributed by atoms with van der Waals surface area (Å²) in [7, 11) is 4.24. The zero-order valence-electron chi connectivity index (χ0n) is 11.9. The van der Waals surface area contributed by atoms with Crippen LogP contribution in [0.4, 0.5) is 0 Å². The lowest BCUT2D eigenvalue weighted by molar-refractivity contribution is 0.328. The van der Waals surface area contributed by atoms with Crippen molar-refractivity contribution in [2.45, 2.75) is 32.1 Å². The van der Waals surface area contributed by atoms with Gasteiger partial charge in [0.25, 0.3) is 0 Å². The van der Waals surface area contributed by atoms with Crippen molar-refractivity contribution in [2.24, 2.45) is 0 Å². The number of unbranched alkanes of at least 4 members (excludes halogenated alkanes) is 3. The van der Waals surface area contributed by atoms with E-state index in [0.717, 1.165) is 19.5 Å². The first-order chi connectivity index (χ1) is 8.83. The van der Waals surface area contributed by atoms with Crippen LogP contribution in [0.5, 0.6) is 0 Å². The van der Waals surface area contributed by atoms with Crippen LogP contribution in [-0.2, 0) is 6.42 Å². The van der Waals surface area contributed by atoms with Crippen LogP contribution >= 0.6 is 0 Å². The van der Waals surface area contributed by atoms with Crippen molar-refractivity contribution in [1.29, 1.82) is 0 Å². The normalized spacial score (nSPS) is 11.1. The van der Waals surface area contributed by atoms with Crippen molar-refractivity contribution in [1.82, 2.24) is 15.2 Å².